The molecule has 0 saturated carbocycles. The summed E-state index contributed by atoms with van der Waals surface area (Å²) in [5, 5.41) is 1.15. The van der Waals surface area contributed by atoms with E-state index in [0.717, 1.165) is 23.4 Å². The summed E-state index contributed by atoms with van der Waals surface area (Å²) in [6, 6.07) is 11.0. The predicted molar refractivity (Wildman–Crippen MR) is 77.0 cm³/mol. The number of aryl methyl sites for hydroxylation is 1. The maximum atomic E-state index is 5.44. The number of hydrogen-bond acceptors (Lipinski definition) is 4. The first-order chi connectivity index (χ1) is 9.24. The molecule has 0 spiro atoms. The molecule has 1 heterocycles. The van der Waals surface area contributed by atoms with Gasteiger partial charge >= 0.3 is 8.80 Å². The molecule has 0 atom stereocenters. The van der Waals surface area contributed by atoms with Gasteiger partial charge in [0.05, 0.1) is 5.52 Å². The van der Waals surface area contributed by atoms with Crippen molar-refractivity contribution in [2.24, 2.45) is 0 Å². The van der Waals surface area contributed by atoms with Crippen molar-refractivity contribution in [3.63, 3.8) is 0 Å². The Morgan fingerprint density at radius 2 is 1.68 bits per heavy atom. The number of benzene rings is 1. The van der Waals surface area contributed by atoms with Crippen LogP contribution in [0.25, 0.3) is 10.9 Å². The molecule has 1 aromatic heterocycles. The number of pyridine rings is 1. The summed E-state index contributed by atoms with van der Waals surface area (Å²) in [6.07, 6.45) is 2.65. The minimum atomic E-state index is -2.52. The van der Waals surface area contributed by atoms with Crippen LogP contribution in [0.2, 0.25) is 6.04 Å². The fourth-order valence-electron chi connectivity index (χ4n) is 2.21. The predicted octanol–water partition coefficient (Wildman–Crippen LogP) is 2.66. The normalized spacial score (nSPS) is 11.9. The molecule has 0 aliphatic heterocycles. The molecule has 0 saturated heterocycles. The van der Waals surface area contributed by atoms with Crippen molar-refractivity contribution in [1.82, 2.24) is 4.98 Å². The van der Waals surface area contributed by atoms with E-state index in [-0.39, 0.29) is 0 Å². The highest BCUT2D eigenvalue weighted by Crippen LogP contribution is 2.21. The highest BCUT2D eigenvalue weighted by atomic mass is 28.4. The molecule has 0 N–H and O–H groups in total. The fraction of sp³-hybridized carbons (Fsp3) is 0.357. The van der Waals surface area contributed by atoms with Gasteiger partial charge in [-0.1, -0.05) is 24.3 Å². The van der Waals surface area contributed by atoms with Gasteiger partial charge in [-0.15, -0.1) is 0 Å². The Balaban J connectivity index is 2.22. The lowest BCUT2D eigenvalue weighted by Crippen LogP contribution is -2.43. The summed E-state index contributed by atoms with van der Waals surface area (Å²) in [5.41, 5.74) is 2.23. The standard InChI is InChI=1S/C14H19NO3Si/c1-16-19(17-2,18-3)11-9-13-7-4-6-12-8-5-10-15-14(12)13/h4-8,10H,9,11H2,1-3H3. The largest absolute Gasteiger partial charge is 0.500 e. The van der Waals surface area contributed by atoms with Crippen molar-refractivity contribution < 1.29 is 13.3 Å². The Bertz CT molecular complexity index is 529. The number of para-hydroxylation sites is 1. The lowest BCUT2D eigenvalue weighted by atomic mass is 10.1. The van der Waals surface area contributed by atoms with Gasteiger partial charge in [-0.25, -0.2) is 0 Å². The number of nitrogens with zero attached hydrogens (tertiary/aromatic N) is 1. The molecule has 2 aromatic rings. The van der Waals surface area contributed by atoms with E-state index in [1.807, 2.05) is 12.3 Å². The van der Waals surface area contributed by atoms with Crippen LogP contribution in [0.1, 0.15) is 5.56 Å². The monoisotopic (exact) mass is 277 g/mol. The quantitative estimate of drug-likeness (QED) is 0.761. The first-order valence-corrected chi connectivity index (χ1v) is 8.16. The van der Waals surface area contributed by atoms with Gasteiger partial charge in [0.25, 0.3) is 0 Å². The maximum Gasteiger partial charge on any atom is 0.500 e. The van der Waals surface area contributed by atoms with Crippen LogP contribution in [0, 0.1) is 0 Å². The molecule has 4 nitrogen and oxygen atoms in total. The first kappa shape index (κ1) is 14.1. The van der Waals surface area contributed by atoms with Crippen LogP contribution < -0.4 is 0 Å². The fourth-order valence-corrected chi connectivity index (χ4v) is 3.90. The average molecular weight is 277 g/mol. The van der Waals surface area contributed by atoms with E-state index < -0.39 is 8.80 Å². The third-order valence-corrected chi connectivity index (χ3v) is 6.08. The number of rotatable bonds is 6. The summed E-state index contributed by atoms with van der Waals surface area (Å²) in [6.45, 7) is 0. The molecule has 0 aliphatic carbocycles. The van der Waals surface area contributed by atoms with E-state index in [4.69, 9.17) is 13.3 Å². The molecule has 0 radical (unpaired) electrons. The van der Waals surface area contributed by atoms with E-state index in [0.29, 0.717) is 0 Å². The minimum Gasteiger partial charge on any atom is -0.377 e. The van der Waals surface area contributed by atoms with Gasteiger partial charge < -0.3 is 13.3 Å². The smallest absolute Gasteiger partial charge is 0.377 e. The Morgan fingerprint density at radius 3 is 2.37 bits per heavy atom. The second kappa shape index (κ2) is 6.25. The Kier molecular flexibility index (Phi) is 4.65. The average Bonchev–Trinajstić information content (AvgIpc) is 2.49. The number of aromatic nitrogens is 1. The SMILES string of the molecule is CO[Si](CCc1cccc2cccnc12)(OC)OC. The van der Waals surface area contributed by atoms with Crippen LogP contribution in [0.15, 0.2) is 36.5 Å². The summed E-state index contributed by atoms with van der Waals surface area (Å²) in [7, 11) is 2.40. The van der Waals surface area contributed by atoms with Crippen molar-refractivity contribution >= 4 is 19.7 Å². The Labute approximate surface area is 114 Å². The number of hydrogen-bond donors (Lipinski definition) is 0. The van der Waals surface area contributed by atoms with Crippen LogP contribution in [0.5, 0.6) is 0 Å². The van der Waals surface area contributed by atoms with Gasteiger partial charge in [0.15, 0.2) is 0 Å². The van der Waals surface area contributed by atoms with Crippen molar-refractivity contribution in [3.05, 3.63) is 42.1 Å². The van der Waals surface area contributed by atoms with E-state index >= 15 is 0 Å². The molecule has 0 fully saturated rings. The van der Waals surface area contributed by atoms with E-state index in [1.54, 1.807) is 21.3 Å². The zero-order chi connectivity index (χ0) is 13.7. The van der Waals surface area contributed by atoms with Crippen LogP contribution in [-0.2, 0) is 19.7 Å². The lowest BCUT2D eigenvalue weighted by Gasteiger charge is -2.24. The van der Waals surface area contributed by atoms with Gasteiger partial charge in [-0.3, -0.25) is 4.98 Å². The third-order valence-electron chi connectivity index (χ3n) is 3.35. The van der Waals surface area contributed by atoms with Crippen molar-refractivity contribution in [2.75, 3.05) is 21.3 Å². The Morgan fingerprint density at radius 1 is 1.00 bits per heavy atom. The highest BCUT2D eigenvalue weighted by Gasteiger charge is 2.37. The second-order valence-electron chi connectivity index (χ2n) is 4.29. The molecule has 5 heteroatoms. The van der Waals surface area contributed by atoms with Crippen LogP contribution in [0.3, 0.4) is 0 Å². The van der Waals surface area contributed by atoms with E-state index in [2.05, 4.69) is 29.2 Å². The van der Waals surface area contributed by atoms with Crippen LogP contribution in [-0.4, -0.2) is 35.1 Å². The van der Waals surface area contributed by atoms with E-state index in [1.165, 1.54) is 5.56 Å². The highest BCUT2D eigenvalue weighted by molar-refractivity contribution is 6.60. The molecule has 0 unspecified atom stereocenters. The molecule has 0 amide bonds. The molecular weight excluding hydrogens is 258 g/mol. The van der Waals surface area contributed by atoms with Gasteiger partial charge in [0.2, 0.25) is 0 Å². The molecule has 2 rings (SSSR count). The van der Waals surface area contributed by atoms with Gasteiger partial charge in [0.1, 0.15) is 0 Å². The topological polar surface area (TPSA) is 40.6 Å². The van der Waals surface area contributed by atoms with Crippen LogP contribution in [0.4, 0.5) is 0 Å². The zero-order valence-corrected chi connectivity index (χ0v) is 12.6. The van der Waals surface area contributed by atoms with Gasteiger partial charge in [-0.2, -0.15) is 0 Å². The summed E-state index contributed by atoms with van der Waals surface area (Å²) < 4.78 is 16.3. The lowest BCUT2D eigenvalue weighted by molar-refractivity contribution is 0.124. The van der Waals surface area contributed by atoms with Crippen molar-refractivity contribution in [3.8, 4) is 0 Å². The molecule has 102 valence electrons. The summed E-state index contributed by atoms with van der Waals surface area (Å²) in [5.74, 6) is 0. The van der Waals surface area contributed by atoms with Gasteiger partial charge in [-0.05, 0) is 18.1 Å². The zero-order valence-electron chi connectivity index (χ0n) is 11.6. The van der Waals surface area contributed by atoms with Crippen LogP contribution >= 0.6 is 0 Å². The van der Waals surface area contributed by atoms with Crippen molar-refractivity contribution in [1.29, 1.82) is 0 Å². The van der Waals surface area contributed by atoms with Crippen molar-refractivity contribution in [2.45, 2.75) is 12.5 Å². The van der Waals surface area contributed by atoms with Gasteiger partial charge in [0, 0.05) is 39.0 Å². The number of fused-ring (bicyclic) bond motifs is 1. The van der Waals surface area contributed by atoms with E-state index in [9.17, 15) is 0 Å². The maximum absolute atomic E-state index is 5.44. The minimum absolute atomic E-state index is 0.742. The summed E-state index contributed by atoms with van der Waals surface area (Å²) in [4.78, 5) is 4.45. The third kappa shape index (κ3) is 3.01. The molecule has 1 aromatic carbocycles. The molecule has 19 heavy (non-hydrogen) atoms. The molecule has 0 aliphatic rings. The molecule has 0 bridgehead atoms. The second-order valence-corrected chi connectivity index (χ2v) is 7.38. The summed E-state index contributed by atoms with van der Waals surface area (Å²) >= 11 is 0. The Hall–Kier alpha value is -1.27. The first-order valence-electron chi connectivity index (χ1n) is 6.23. The molecular formula is C14H19NO3Si.